The first-order chi connectivity index (χ1) is 8.32. The van der Waals surface area contributed by atoms with Crippen molar-refractivity contribution in [3.05, 3.63) is 28.8 Å². The predicted octanol–water partition coefficient (Wildman–Crippen LogP) is 1.38. The number of hydrogen-bond acceptors (Lipinski definition) is 3. The van der Waals surface area contributed by atoms with Gasteiger partial charge in [-0.05, 0) is 32.0 Å². The van der Waals surface area contributed by atoms with Crippen LogP contribution in [0, 0.1) is 0 Å². The fraction of sp³-hybridized carbons (Fsp3) is 0.333. The first-order valence-electron chi connectivity index (χ1n) is 5.40. The molecule has 3 N–H and O–H groups in total. The molecule has 0 radical (unpaired) electrons. The van der Waals surface area contributed by atoms with E-state index in [9.17, 15) is 14.7 Å². The quantitative estimate of drug-likeness (QED) is 0.867. The number of aromatic hydroxyl groups is 1. The van der Waals surface area contributed by atoms with Crippen LogP contribution in [0.1, 0.15) is 24.2 Å². The lowest BCUT2D eigenvalue weighted by Crippen LogP contribution is -2.42. The summed E-state index contributed by atoms with van der Waals surface area (Å²) >= 11 is 5.90. The molecule has 98 valence electrons. The summed E-state index contributed by atoms with van der Waals surface area (Å²) in [5.74, 6) is -1.11. The van der Waals surface area contributed by atoms with Crippen molar-refractivity contribution in [1.29, 1.82) is 0 Å². The van der Waals surface area contributed by atoms with Gasteiger partial charge in [0, 0.05) is 6.04 Å². The molecule has 1 aromatic rings. The van der Waals surface area contributed by atoms with Gasteiger partial charge in [-0.3, -0.25) is 9.59 Å². The van der Waals surface area contributed by atoms with E-state index in [0.29, 0.717) is 0 Å². The molecule has 0 bridgehead atoms. The molecule has 18 heavy (non-hydrogen) atoms. The third-order valence-corrected chi connectivity index (χ3v) is 2.72. The normalized spacial score (nSPS) is 10.4. The number of amides is 2. The third-order valence-electron chi connectivity index (χ3n) is 2.39. The van der Waals surface area contributed by atoms with Gasteiger partial charge < -0.3 is 15.7 Å². The number of phenolic OH excluding ortho intramolecular Hbond substituents is 1. The van der Waals surface area contributed by atoms with Crippen molar-refractivity contribution in [2.24, 2.45) is 5.73 Å². The summed E-state index contributed by atoms with van der Waals surface area (Å²) in [6.45, 7) is 3.33. The van der Waals surface area contributed by atoms with Crippen LogP contribution in [0.4, 0.5) is 0 Å². The van der Waals surface area contributed by atoms with Gasteiger partial charge >= 0.3 is 0 Å². The molecule has 0 aliphatic carbocycles. The average Bonchev–Trinajstić information content (AvgIpc) is 2.27. The maximum absolute atomic E-state index is 12.2. The summed E-state index contributed by atoms with van der Waals surface area (Å²) in [6, 6.07) is 3.87. The minimum atomic E-state index is -0.603. The Morgan fingerprint density at radius 2 is 2.06 bits per heavy atom. The molecule has 0 atom stereocenters. The van der Waals surface area contributed by atoms with E-state index in [-0.39, 0.29) is 28.9 Å². The molecular formula is C12H15ClN2O3. The number of carbonyl (C=O) groups excluding carboxylic acids is 2. The summed E-state index contributed by atoms with van der Waals surface area (Å²) in [5, 5.41) is 9.58. The van der Waals surface area contributed by atoms with Crippen LogP contribution in [0.5, 0.6) is 5.75 Å². The van der Waals surface area contributed by atoms with Crippen molar-refractivity contribution >= 4 is 23.4 Å². The lowest BCUT2D eigenvalue weighted by atomic mass is 10.1. The van der Waals surface area contributed by atoms with Gasteiger partial charge in [0.05, 0.1) is 17.1 Å². The maximum Gasteiger partial charge on any atom is 0.256 e. The molecule has 0 spiro atoms. The first-order valence-corrected chi connectivity index (χ1v) is 5.78. The first kappa shape index (κ1) is 14.3. The highest BCUT2D eigenvalue weighted by Crippen LogP contribution is 2.23. The van der Waals surface area contributed by atoms with E-state index in [0.717, 1.165) is 0 Å². The Morgan fingerprint density at radius 1 is 1.44 bits per heavy atom. The molecular weight excluding hydrogens is 256 g/mol. The average molecular weight is 271 g/mol. The molecule has 0 unspecified atom stereocenters. The minimum absolute atomic E-state index is 0.0643. The van der Waals surface area contributed by atoms with Crippen molar-refractivity contribution in [1.82, 2.24) is 4.90 Å². The van der Waals surface area contributed by atoms with Crippen LogP contribution in [0.2, 0.25) is 5.02 Å². The second-order valence-electron chi connectivity index (χ2n) is 4.16. The number of benzene rings is 1. The Hall–Kier alpha value is -1.75. The largest absolute Gasteiger partial charge is 0.508 e. The van der Waals surface area contributed by atoms with Gasteiger partial charge in [-0.1, -0.05) is 11.6 Å². The van der Waals surface area contributed by atoms with Crippen LogP contribution in [-0.2, 0) is 4.79 Å². The molecule has 6 heteroatoms. The van der Waals surface area contributed by atoms with Crippen LogP contribution in [-0.4, -0.2) is 34.4 Å². The van der Waals surface area contributed by atoms with Crippen molar-refractivity contribution in [2.75, 3.05) is 6.54 Å². The molecule has 1 rings (SSSR count). The lowest BCUT2D eigenvalue weighted by molar-refractivity contribution is -0.119. The van der Waals surface area contributed by atoms with Crippen molar-refractivity contribution in [3.8, 4) is 5.75 Å². The SMILES string of the molecule is CC(C)N(CC(N)=O)C(=O)c1cc(O)ccc1Cl. The molecule has 1 aromatic carbocycles. The smallest absolute Gasteiger partial charge is 0.256 e. The van der Waals surface area contributed by atoms with Crippen molar-refractivity contribution in [2.45, 2.75) is 19.9 Å². The van der Waals surface area contributed by atoms with Gasteiger partial charge in [-0.2, -0.15) is 0 Å². The zero-order valence-electron chi connectivity index (χ0n) is 10.2. The molecule has 2 amide bonds. The maximum atomic E-state index is 12.2. The van der Waals surface area contributed by atoms with E-state index in [2.05, 4.69) is 0 Å². The topological polar surface area (TPSA) is 83.6 Å². The zero-order valence-corrected chi connectivity index (χ0v) is 10.9. The highest BCUT2D eigenvalue weighted by atomic mass is 35.5. The summed E-state index contributed by atoms with van der Waals surface area (Å²) in [5.41, 5.74) is 5.24. The van der Waals surface area contributed by atoms with E-state index >= 15 is 0 Å². The number of rotatable bonds is 4. The molecule has 0 aliphatic rings. The van der Waals surface area contributed by atoms with E-state index < -0.39 is 11.8 Å². The monoisotopic (exact) mass is 270 g/mol. The Labute approximate surface area is 110 Å². The van der Waals surface area contributed by atoms with Gasteiger partial charge in [0.25, 0.3) is 5.91 Å². The summed E-state index contributed by atoms with van der Waals surface area (Å²) in [4.78, 5) is 24.5. The lowest BCUT2D eigenvalue weighted by Gasteiger charge is -2.25. The third kappa shape index (κ3) is 3.37. The number of primary amides is 1. The Morgan fingerprint density at radius 3 is 2.56 bits per heavy atom. The van der Waals surface area contributed by atoms with E-state index in [1.165, 1.54) is 23.1 Å². The van der Waals surface area contributed by atoms with Gasteiger partial charge in [-0.25, -0.2) is 0 Å². The van der Waals surface area contributed by atoms with Crippen LogP contribution >= 0.6 is 11.6 Å². The van der Waals surface area contributed by atoms with Crippen LogP contribution in [0.15, 0.2) is 18.2 Å². The summed E-state index contributed by atoms with van der Waals surface area (Å²) in [6.07, 6.45) is 0. The fourth-order valence-electron chi connectivity index (χ4n) is 1.49. The number of nitrogens with zero attached hydrogens (tertiary/aromatic N) is 1. The Kier molecular flexibility index (Phi) is 4.55. The Bertz CT molecular complexity index is 474. The molecule has 5 nitrogen and oxygen atoms in total. The van der Waals surface area contributed by atoms with Crippen molar-refractivity contribution < 1.29 is 14.7 Å². The Balaban J connectivity index is 3.09. The fourth-order valence-corrected chi connectivity index (χ4v) is 1.69. The minimum Gasteiger partial charge on any atom is -0.508 e. The van der Waals surface area contributed by atoms with Gasteiger partial charge in [0.1, 0.15) is 5.75 Å². The van der Waals surface area contributed by atoms with Gasteiger partial charge in [0.15, 0.2) is 0 Å². The molecule has 0 saturated carbocycles. The van der Waals surface area contributed by atoms with E-state index in [1.54, 1.807) is 13.8 Å². The molecule has 0 aromatic heterocycles. The number of nitrogens with two attached hydrogens (primary N) is 1. The molecule has 0 saturated heterocycles. The van der Waals surface area contributed by atoms with Crippen LogP contribution in [0.25, 0.3) is 0 Å². The molecule has 0 aliphatic heterocycles. The predicted molar refractivity (Wildman–Crippen MR) is 68.5 cm³/mol. The summed E-state index contributed by atoms with van der Waals surface area (Å²) < 4.78 is 0. The van der Waals surface area contributed by atoms with Gasteiger partial charge in [-0.15, -0.1) is 0 Å². The standard InChI is InChI=1S/C12H15ClN2O3/c1-7(2)15(6-11(14)17)12(18)9-5-8(16)3-4-10(9)13/h3-5,7,16H,6H2,1-2H3,(H2,14,17). The zero-order chi connectivity index (χ0) is 13.9. The van der Waals surface area contributed by atoms with E-state index in [1.807, 2.05) is 0 Å². The van der Waals surface area contributed by atoms with Crippen LogP contribution in [0.3, 0.4) is 0 Å². The second kappa shape index (κ2) is 5.73. The number of phenols is 1. The number of carbonyl (C=O) groups is 2. The van der Waals surface area contributed by atoms with Gasteiger partial charge in [0.2, 0.25) is 5.91 Å². The summed E-state index contributed by atoms with van der Waals surface area (Å²) in [7, 11) is 0. The van der Waals surface area contributed by atoms with Crippen LogP contribution < -0.4 is 5.73 Å². The molecule has 0 fully saturated rings. The van der Waals surface area contributed by atoms with Crippen molar-refractivity contribution in [3.63, 3.8) is 0 Å². The second-order valence-corrected chi connectivity index (χ2v) is 4.56. The number of hydrogen-bond donors (Lipinski definition) is 2. The molecule has 0 heterocycles. The number of halogens is 1. The van der Waals surface area contributed by atoms with E-state index in [4.69, 9.17) is 17.3 Å². The highest BCUT2D eigenvalue weighted by molar-refractivity contribution is 6.33. The highest BCUT2D eigenvalue weighted by Gasteiger charge is 2.22.